The smallest absolute Gasteiger partial charge is 0.0969 e. The summed E-state index contributed by atoms with van der Waals surface area (Å²) in [7, 11) is 4.12. The normalized spacial score (nSPS) is 22.9. The largest absolute Gasteiger partial charge is 0.358 e. The number of hydrogen-bond donors (Lipinski definition) is 0. The second-order valence-electron chi connectivity index (χ2n) is 2.66. The summed E-state index contributed by atoms with van der Waals surface area (Å²) in [5.41, 5.74) is 0. The minimum atomic E-state index is 0.955. The Bertz CT molecular complexity index is 177. The Balaban J connectivity index is 2.62. The van der Waals surface area contributed by atoms with Crippen molar-refractivity contribution in [1.82, 2.24) is 9.80 Å². The molecule has 0 N–H and O–H groups in total. The molecule has 0 aromatic rings. The summed E-state index contributed by atoms with van der Waals surface area (Å²) in [6, 6.07) is 0. The summed E-state index contributed by atoms with van der Waals surface area (Å²) >= 11 is 1.80. The predicted octanol–water partition coefficient (Wildman–Crippen LogP) is 1.54. The molecule has 0 bridgehead atoms. The molecule has 0 aliphatic carbocycles. The van der Waals surface area contributed by atoms with Gasteiger partial charge in [0.15, 0.2) is 0 Å². The van der Waals surface area contributed by atoms with Gasteiger partial charge in [-0.15, -0.1) is 11.8 Å². The zero-order chi connectivity index (χ0) is 8.27. The van der Waals surface area contributed by atoms with E-state index in [1.54, 1.807) is 11.8 Å². The lowest BCUT2D eigenvalue weighted by atomic mass is 10.5. The molecule has 0 amide bonds. The lowest BCUT2D eigenvalue weighted by molar-refractivity contribution is 0.315. The van der Waals surface area contributed by atoms with Crippen LogP contribution in [0.4, 0.5) is 0 Å². The molecule has 2 nitrogen and oxygen atoms in total. The van der Waals surface area contributed by atoms with Crippen LogP contribution in [0.1, 0.15) is 0 Å². The van der Waals surface area contributed by atoms with Crippen LogP contribution in [0.2, 0.25) is 0 Å². The van der Waals surface area contributed by atoms with Gasteiger partial charge in [0.05, 0.1) is 11.7 Å². The Morgan fingerprint density at radius 3 is 2.91 bits per heavy atom. The van der Waals surface area contributed by atoms with E-state index in [0.717, 1.165) is 18.2 Å². The number of likely N-dealkylation sites (N-methyl/N-ethyl adjacent to an activating group) is 1. The zero-order valence-electron chi connectivity index (χ0n) is 7.08. The monoisotopic (exact) mass is 170 g/mol. The van der Waals surface area contributed by atoms with Gasteiger partial charge in [-0.1, -0.05) is 12.7 Å². The SMILES string of the molecule is C=C1N(C)C/C=C\SCN1C. The lowest BCUT2D eigenvalue weighted by Crippen LogP contribution is -2.30. The van der Waals surface area contributed by atoms with Crippen LogP contribution < -0.4 is 0 Å². The highest BCUT2D eigenvalue weighted by molar-refractivity contribution is 8.02. The summed E-state index contributed by atoms with van der Waals surface area (Å²) < 4.78 is 0. The molecule has 0 spiro atoms. The third-order valence-corrected chi connectivity index (χ3v) is 2.64. The predicted molar refractivity (Wildman–Crippen MR) is 51.1 cm³/mol. The Labute approximate surface area is 72.6 Å². The van der Waals surface area contributed by atoms with E-state index in [2.05, 4.69) is 42.0 Å². The number of rotatable bonds is 0. The van der Waals surface area contributed by atoms with Gasteiger partial charge < -0.3 is 9.80 Å². The standard InChI is InChI=1S/C8H14N2S/c1-8-9(2)5-4-6-11-7-10(8)3/h4,6H,1,5,7H2,2-3H3/b6-4-. The quantitative estimate of drug-likeness (QED) is 0.544. The van der Waals surface area contributed by atoms with Crippen molar-refractivity contribution < 1.29 is 0 Å². The first-order valence-electron chi connectivity index (χ1n) is 3.59. The van der Waals surface area contributed by atoms with E-state index in [0.29, 0.717) is 0 Å². The molecule has 0 atom stereocenters. The average molecular weight is 170 g/mol. The van der Waals surface area contributed by atoms with Crippen LogP contribution >= 0.6 is 11.8 Å². The van der Waals surface area contributed by atoms with Crippen molar-refractivity contribution in [1.29, 1.82) is 0 Å². The van der Waals surface area contributed by atoms with Crippen molar-refractivity contribution >= 4 is 11.8 Å². The van der Waals surface area contributed by atoms with Crippen LogP contribution in [0.25, 0.3) is 0 Å². The lowest BCUT2D eigenvalue weighted by Gasteiger charge is -2.30. The van der Waals surface area contributed by atoms with Crippen LogP contribution in [-0.4, -0.2) is 36.3 Å². The first-order valence-corrected chi connectivity index (χ1v) is 4.64. The number of hydrogen-bond acceptors (Lipinski definition) is 3. The van der Waals surface area contributed by atoms with Gasteiger partial charge in [0.2, 0.25) is 0 Å². The summed E-state index contributed by atoms with van der Waals surface area (Å²) in [5.74, 6) is 2.07. The van der Waals surface area contributed by atoms with Crippen molar-refractivity contribution in [2.24, 2.45) is 0 Å². The molecule has 0 unspecified atom stereocenters. The molecule has 3 heteroatoms. The molecule has 0 fully saturated rings. The molecule has 1 aliphatic heterocycles. The van der Waals surface area contributed by atoms with Crippen molar-refractivity contribution in [2.45, 2.75) is 0 Å². The number of thioether (sulfide) groups is 1. The van der Waals surface area contributed by atoms with Gasteiger partial charge in [-0.3, -0.25) is 0 Å². The van der Waals surface area contributed by atoms with Crippen molar-refractivity contribution in [3.8, 4) is 0 Å². The minimum absolute atomic E-state index is 0.955. The average Bonchev–Trinajstić information content (AvgIpc) is 2.00. The van der Waals surface area contributed by atoms with Gasteiger partial charge in [0.25, 0.3) is 0 Å². The highest BCUT2D eigenvalue weighted by Gasteiger charge is 2.06. The summed E-state index contributed by atoms with van der Waals surface area (Å²) in [6.45, 7) is 4.94. The Morgan fingerprint density at radius 2 is 2.18 bits per heavy atom. The third-order valence-electron chi connectivity index (χ3n) is 1.72. The molecular formula is C8H14N2S. The van der Waals surface area contributed by atoms with Gasteiger partial charge in [-0.2, -0.15) is 0 Å². The van der Waals surface area contributed by atoms with Gasteiger partial charge in [0, 0.05) is 20.6 Å². The molecule has 0 radical (unpaired) electrons. The summed E-state index contributed by atoms with van der Waals surface area (Å²) in [4.78, 5) is 4.28. The second-order valence-corrected chi connectivity index (χ2v) is 3.53. The van der Waals surface area contributed by atoms with Crippen molar-refractivity contribution in [3.05, 3.63) is 23.9 Å². The molecule has 0 aromatic carbocycles. The highest BCUT2D eigenvalue weighted by Crippen LogP contribution is 2.13. The maximum atomic E-state index is 3.98. The minimum Gasteiger partial charge on any atom is -0.358 e. The fourth-order valence-corrected chi connectivity index (χ4v) is 1.58. The zero-order valence-corrected chi connectivity index (χ0v) is 7.90. The Kier molecular flexibility index (Phi) is 2.88. The molecule has 11 heavy (non-hydrogen) atoms. The first-order chi connectivity index (χ1) is 5.22. The van der Waals surface area contributed by atoms with Gasteiger partial charge in [0.1, 0.15) is 0 Å². The van der Waals surface area contributed by atoms with Crippen LogP contribution in [-0.2, 0) is 0 Å². The maximum absolute atomic E-state index is 3.98. The molecular weight excluding hydrogens is 156 g/mol. The van der Waals surface area contributed by atoms with Crippen LogP contribution in [0.3, 0.4) is 0 Å². The van der Waals surface area contributed by atoms with E-state index < -0.39 is 0 Å². The Morgan fingerprint density at radius 1 is 1.45 bits per heavy atom. The molecule has 0 aromatic heterocycles. The van der Waals surface area contributed by atoms with Gasteiger partial charge >= 0.3 is 0 Å². The third kappa shape index (κ3) is 2.19. The van der Waals surface area contributed by atoms with E-state index in [1.165, 1.54) is 0 Å². The molecule has 1 heterocycles. The molecule has 1 aliphatic rings. The van der Waals surface area contributed by atoms with E-state index in [9.17, 15) is 0 Å². The van der Waals surface area contributed by atoms with Crippen molar-refractivity contribution in [3.63, 3.8) is 0 Å². The van der Waals surface area contributed by atoms with E-state index >= 15 is 0 Å². The fraction of sp³-hybridized carbons (Fsp3) is 0.500. The van der Waals surface area contributed by atoms with Crippen LogP contribution in [0.15, 0.2) is 23.9 Å². The highest BCUT2D eigenvalue weighted by atomic mass is 32.2. The number of nitrogens with zero attached hydrogens (tertiary/aromatic N) is 2. The van der Waals surface area contributed by atoms with Crippen LogP contribution in [0, 0.1) is 0 Å². The molecule has 62 valence electrons. The van der Waals surface area contributed by atoms with Gasteiger partial charge in [-0.05, 0) is 5.41 Å². The fourth-order valence-electron chi connectivity index (χ4n) is 0.895. The Hall–Kier alpha value is -0.570. The van der Waals surface area contributed by atoms with Crippen molar-refractivity contribution in [2.75, 3.05) is 26.5 Å². The maximum Gasteiger partial charge on any atom is 0.0969 e. The summed E-state index contributed by atoms with van der Waals surface area (Å²) in [5, 5.41) is 2.14. The topological polar surface area (TPSA) is 6.48 Å². The van der Waals surface area contributed by atoms with Crippen LogP contribution in [0.5, 0.6) is 0 Å². The molecule has 0 saturated carbocycles. The molecule has 1 rings (SSSR count). The van der Waals surface area contributed by atoms with E-state index in [4.69, 9.17) is 0 Å². The first kappa shape index (κ1) is 8.53. The molecule has 0 saturated heterocycles. The van der Waals surface area contributed by atoms with E-state index in [-0.39, 0.29) is 0 Å². The van der Waals surface area contributed by atoms with Gasteiger partial charge in [-0.25, -0.2) is 0 Å². The summed E-state index contributed by atoms with van der Waals surface area (Å²) in [6.07, 6.45) is 2.16. The second kappa shape index (κ2) is 3.72. The van der Waals surface area contributed by atoms with E-state index in [1.807, 2.05) is 0 Å².